The first-order valence-electron chi connectivity index (χ1n) is 8.28. The van der Waals surface area contributed by atoms with E-state index in [9.17, 15) is 9.90 Å². The van der Waals surface area contributed by atoms with Crippen LogP contribution in [0.3, 0.4) is 0 Å². The molecule has 1 aliphatic heterocycles. The summed E-state index contributed by atoms with van der Waals surface area (Å²) in [5.74, 6) is 0.875. The Bertz CT molecular complexity index is 635. The molecule has 0 radical (unpaired) electrons. The molecule has 6 nitrogen and oxygen atoms in total. The van der Waals surface area contributed by atoms with Crippen LogP contribution in [-0.4, -0.2) is 50.8 Å². The van der Waals surface area contributed by atoms with Crippen molar-refractivity contribution in [3.63, 3.8) is 0 Å². The minimum absolute atomic E-state index is 0.120. The second-order valence-corrected chi connectivity index (χ2v) is 6.26. The number of para-hydroxylation sites is 1. The molecule has 2 aromatic rings. The molecule has 0 bridgehead atoms. The molecule has 1 aromatic heterocycles. The van der Waals surface area contributed by atoms with Gasteiger partial charge >= 0.3 is 0 Å². The summed E-state index contributed by atoms with van der Waals surface area (Å²) in [6, 6.07) is 9.48. The smallest absolute Gasteiger partial charge is 0.224 e. The highest BCUT2D eigenvalue weighted by Crippen LogP contribution is 2.24. The molecule has 0 atom stereocenters. The molecule has 1 saturated heterocycles. The Morgan fingerprint density at radius 1 is 1.25 bits per heavy atom. The van der Waals surface area contributed by atoms with Crippen LogP contribution in [0.1, 0.15) is 19.3 Å². The van der Waals surface area contributed by atoms with Gasteiger partial charge in [0.1, 0.15) is 18.0 Å². The Morgan fingerprint density at radius 3 is 2.67 bits per heavy atom. The van der Waals surface area contributed by atoms with E-state index in [0.717, 1.165) is 5.75 Å². The minimum atomic E-state index is -0.864. The number of aromatic nitrogens is 2. The number of hydrogen-bond acceptors (Lipinski definition) is 4. The maximum absolute atomic E-state index is 12.3. The molecule has 2 heterocycles. The molecular formula is C18H23N3O3. The van der Waals surface area contributed by atoms with Crippen LogP contribution in [0.15, 0.2) is 49.1 Å². The molecule has 0 unspecified atom stereocenters. The van der Waals surface area contributed by atoms with Gasteiger partial charge in [-0.1, -0.05) is 18.2 Å². The van der Waals surface area contributed by atoms with E-state index in [1.54, 1.807) is 12.5 Å². The van der Waals surface area contributed by atoms with Gasteiger partial charge in [0.15, 0.2) is 0 Å². The maximum Gasteiger partial charge on any atom is 0.224 e. The van der Waals surface area contributed by atoms with Gasteiger partial charge in [-0.05, 0) is 25.0 Å². The van der Waals surface area contributed by atoms with E-state index in [-0.39, 0.29) is 12.5 Å². The lowest BCUT2D eigenvalue weighted by atomic mass is 9.92. The zero-order chi connectivity index (χ0) is 16.8. The number of likely N-dealkylation sites (tertiary alicyclic amines) is 1. The van der Waals surface area contributed by atoms with E-state index in [4.69, 9.17) is 4.74 Å². The second-order valence-electron chi connectivity index (χ2n) is 6.26. The number of ether oxygens (including phenoxy) is 1. The highest BCUT2D eigenvalue weighted by molar-refractivity contribution is 5.76. The van der Waals surface area contributed by atoms with E-state index in [2.05, 4.69) is 4.98 Å². The van der Waals surface area contributed by atoms with Gasteiger partial charge in [0.25, 0.3) is 0 Å². The van der Waals surface area contributed by atoms with Crippen LogP contribution in [0.25, 0.3) is 0 Å². The zero-order valence-corrected chi connectivity index (χ0v) is 13.7. The number of benzene rings is 1. The molecule has 1 aliphatic rings. The summed E-state index contributed by atoms with van der Waals surface area (Å²) in [7, 11) is 0. The fraction of sp³-hybridized carbons (Fsp3) is 0.444. The van der Waals surface area contributed by atoms with Crippen molar-refractivity contribution in [3.05, 3.63) is 49.1 Å². The quantitative estimate of drug-likeness (QED) is 0.876. The number of imidazole rings is 1. The van der Waals surface area contributed by atoms with E-state index in [1.807, 2.05) is 46.0 Å². The first kappa shape index (κ1) is 16.5. The van der Waals surface area contributed by atoms with Gasteiger partial charge in [-0.25, -0.2) is 4.98 Å². The first-order valence-corrected chi connectivity index (χ1v) is 8.28. The van der Waals surface area contributed by atoms with Crippen LogP contribution in [-0.2, 0) is 11.3 Å². The van der Waals surface area contributed by atoms with Crippen molar-refractivity contribution < 1.29 is 14.6 Å². The van der Waals surface area contributed by atoms with Crippen LogP contribution in [0.4, 0.5) is 0 Å². The summed E-state index contributed by atoms with van der Waals surface area (Å²) in [5, 5.41) is 10.6. The summed E-state index contributed by atoms with van der Waals surface area (Å²) in [5.41, 5.74) is -0.864. The van der Waals surface area contributed by atoms with Gasteiger partial charge in [-0.2, -0.15) is 0 Å². The fourth-order valence-corrected chi connectivity index (χ4v) is 2.85. The molecule has 0 spiro atoms. The van der Waals surface area contributed by atoms with Crippen LogP contribution in [0.2, 0.25) is 0 Å². The molecule has 6 heteroatoms. The number of rotatable bonds is 6. The van der Waals surface area contributed by atoms with Gasteiger partial charge in [0, 0.05) is 38.4 Å². The number of nitrogens with zero attached hydrogens (tertiary/aromatic N) is 3. The lowest BCUT2D eigenvalue weighted by Gasteiger charge is -2.38. The molecule has 1 N–H and O–H groups in total. The lowest BCUT2D eigenvalue weighted by Crippen LogP contribution is -2.49. The van der Waals surface area contributed by atoms with Gasteiger partial charge in [-0.15, -0.1) is 0 Å². The second kappa shape index (κ2) is 7.49. The van der Waals surface area contributed by atoms with Crippen molar-refractivity contribution in [1.82, 2.24) is 14.5 Å². The molecule has 3 rings (SSSR count). The van der Waals surface area contributed by atoms with Gasteiger partial charge in [-0.3, -0.25) is 4.79 Å². The predicted octanol–water partition coefficient (Wildman–Crippen LogP) is 1.71. The summed E-state index contributed by atoms with van der Waals surface area (Å²) < 4.78 is 7.57. The maximum atomic E-state index is 12.3. The molecule has 0 saturated carbocycles. The number of piperidine rings is 1. The third-order valence-electron chi connectivity index (χ3n) is 4.44. The molecule has 1 aromatic carbocycles. The van der Waals surface area contributed by atoms with Crippen molar-refractivity contribution in [1.29, 1.82) is 0 Å². The third kappa shape index (κ3) is 4.35. The standard InChI is InChI=1S/C18H23N3O3/c22-17(6-10-20-13-9-19-15-20)21-11-7-18(23,8-12-21)14-24-16-4-2-1-3-5-16/h1-5,9,13,15,23H,6-8,10-12,14H2. The SMILES string of the molecule is O=C(CCn1ccnc1)N1CCC(O)(COc2ccccc2)CC1. The average molecular weight is 329 g/mol. The van der Waals surface area contributed by atoms with Crippen molar-refractivity contribution >= 4 is 5.91 Å². The van der Waals surface area contributed by atoms with Gasteiger partial charge < -0.3 is 19.3 Å². The average Bonchev–Trinajstić information content (AvgIpc) is 3.13. The molecule has 1 amide bonds. The van der Waals surface area contributed by atoms with Crippen LogP contribution >= 0.6 is 0 Å². The van der Waals surface area contributed by atoms with Gasteiger partial charge in [0.05, 0.1) is 6.33 Å². The fourth-order valence-electron chi connectivity index (χ4n) is 2.85. The van der Waals surface area contributed by atoms with Crippen molar-refractivity contribution in [2.24, 2.45) is 0 Å². The lowest BCUT2D eigenvalue weighted by molar-refractivity contribution is -0.136. The number of aliphatic hydroxyl groups is 1. The number of carbonyl (C=O) groups excluding carboxylic acids is 1. The minimum Gasteiger partial charge on any atom is -0.491 e. The topological polar surface area (TPSA) is 67.6 Å². The van der Waals surface area contributed by atoms with Gasteiger partial charge in [0.2, 0.25) is 5.91 Å². The summed E-state index contributed by atoms with van der Waals surface area (Å²) >= 11 is 0. The van der Waals surface area contributed by atoms with Crippen molar-refractivity contribution in [2.75, 3.05) is 19.7 Å². The highest BCUT2D eigenvalue weighted by Gasteiger charge is 2.34. The van der Waals surface area contributed by atoms with Crippen molar-refractivity contribution in [3.8, 4) is 5.75 Å². The molecular weight excluding hydrogens is 306 g/mol. The Morgan fingerprint density at radius 2 is 2.00 bits per heavy atom. The summed E-state index contributed by atoms with van der Waals surface area (Å²) in [6.45, 7) is 2.03. The van der Waals surface area contributed by atoms with E-state index in [1.165, 1.54) is 0 Å². The normalized spacial score (nSPS) is 16.8. The first-order chi connectivity index (χ1) is 11.6. The largest absolute Gasteiger partial charge is 0.491 e. The molecule has 0 aliphatic carbocycles. The van der Waals surface area contributed by atoms with E-state index < -0.39 is 5.60 Å². The molecule has 1 fully saturated rings. The van der Waals surface area contributed by atoms with Crippen molar-refractivity contribution in [2.45, 2.75) is 31.4 Å². The number of amides is 1. The molecule has 24 heavy (non-hydrogen) atoms. The Hall–Kier alpha value is -2.34. The van der Waals surface area contributed by atoms with Crippen LogP contribution in [0, 0.1) is 0 Å². The number of hydrogen-bond donors (Lipinski definition) is 1. The third-order valence-corrected chi connectivity index (χ3v) is 4.44. The summed E-state index contributed by atoms with van der Waals surface area (Å²) in [6.07, 6.45) is 6.80. The predicted molar refractivity (Wildman–Crippen MR) is 89.5 cm³/mol. The zero-order valence-electron chi connectivity index (χ0n) is 13.7. The number of aryl methyl sites for hydroxylation is 1. The Labute approximate surface area is 141 Å². The summed E-state index contributed by atoms with van der Waals surface area (Å²) in [4.78, 5) is 18.1. The van der Waals surface area contributed by atoms with E-state index in [0.29, 0.717) is 38.9 Å². The Balaban J connectivity index is 1.43. The Kier molecular flexibility index (Phi) is 5.15. The van der Waals surface area contributed by atoms with Crippen LogP contribution < -0.4 is 4.74 Å². The van der Waals surface area contributed by atoms with E-state index >= 15 is 0 Å². The monoisotopic (exact) mass is 329 g/mol. The highest BCUT2D eigenvalue weighted by atomic mass is 16.5. The number of carbonyl (C=O) groups is 1. The van der Waals surface area contributed by atoms with Crippen LogP contribution in [0.5, 0.6) is 5.75 Å². The molecule has 128 valence electrons.